The van der Waals surface area contributed by atoms with Gasteiger partial charge in [0.05, 0.1) is 22.1 Å². The van der Waals surface area contributed by atoms with Gasteiger partial charge < -0.3 is 14.2 Å². The van der Waals surface area contributed by atoms with E-state index in [1.165, 1.54) is 0 Å². The van der Waals surface area contributed by atoms with Crippen molar-refractivity contribution in [2.24, 2.45) is 0 Å². The summed E-state index contributed by atoms with van der Waals surface area (Å²) in [6.45, 7) is 12.5. The Kier molecular flexibility index (Phi) is 7.01. The SMILES string of the molecule is C=CC(=O)Oc1ccccc1C(=C1CC(C)(C)OC(C)(C)C1)c1ccc2c(c1)c(F)nn2C1CCCCO1. The Morgan fingerprint density at radius 2 is 1.87 bits per heavy atom. The molecular weight excluding hydrogens is 483 g/mol. The minimum atomic E-state index is -0.537. The van der Waals surface area contributed by atoms with Crippen molar-refractivity contribution in [3.63, 3.8) is 0 Å². The third-order valence-electron chi connectivity index (χ3n) is 7.10. The van der Waals surface area contributed by atoms with E-state index in [4.69, 9.17) is 14.2 Å². The van der Waals surface area contributed by atoms with E-state index in [9.17, 15) is 4.79 Å². The third kappa shape index (κ3) is 5.31. The van der Waals surface area contributed by atoms with Gasteiger partial charge in [-0.05, 0) is 89.1 Å². The van der Waals surface area contributed by atoms with Crippen LogP contribution in [0.4, 0.5) is 4.39 Å². The van der Waals surface area contributed by atoms with Gasteiger partial charge in [-0.2, -0.15) is 4.39 Å². The Balaban J connectivity index is 1.71. The molecule has 7 heteroatoms. The maximum atomic E-state index is 15.3. The van der Waals surface area contributed by atoms with Crippen LogP contribution in [0.5, 0.6) is 5.75 Å². The zero-order chi connectivity index (χ0) is 27.1. The first kappa shape index (κ1) is 26.3. The number of hydrogen-bond acceptors (Lipinski definition) is 5. The van der Waals surface area contributed by atoms with E-state index in [2.05, 4.69) is 39.4 Å². The highest BCUT2D eigenvalue weighted by Crippen LogP contribution is 2.45. The molecule has 0 bridgehead atoms. The van der Waals surface area contributed by atoms with Crippen molar-refractivity contribution in [1.29, 1.82) is 0 Å². The summed E-state index contributed by atoms with van der Waals surface area (Å²) in [4.78, 5) is 12.2. The lowest BCUT2D eigenvalue weighted by Gasteiger charge is -2.43. The molecule has 1 unspecified atom stereocenters. The molecule has 0 N–H and O–H groups in total. The highest BCUT2D eigenvalue weighted by Gasteiger charge is 2.38. The Hall–Kier alpha value is -3.29. The van der Waals surface area contributed by atoms with Crippen LogP contribution in [0.25, 0.3) is 16.5 Å². The number of rotatable bonds is 5. The van der Waals surface area contributed by atoms with E-state index in [0.717, 1.165) is 47.6 Å². The number of esters is 1. The third-order valence-corrected chi connectivity index (χ3v) is 7.10. The van der Waals surface area contributed by atoms with Crippen molar-refractivity contribution in [2.45, 2.75) is 77.2 Å². The molecule has 1 atom stereocenters. The number of halogens is 1. The molecule has 6 nitrogen and oxygen atoms in total. The lowest BCUT2D eigenvalue weighted by molar-refractivity contribution is -0.139. The van der Waals surface area contributed by atoms with Crippen LogP contribution >= 0.6 is 0 Å². The quantitative estimate of drug-likeness (QED) is 0.204. The van der Waals surface area contributed by atoms with Gasteiger partial charge in [-0.3, -0.25) is 0 Å². The fourth-order valence-electron chi connectivity index (χ4n) is 5.94. The van der Waals surface area contributed by atoms with Crippen LogP contribution < -0.4 is 4.74 Å². The first-order valence-corrected chi connectivity index (χ1v) is 13.2. The van der Waals surface area contributed by atoms with Crippen LogP contribution in [0.3, 0.4) is 0 Å². The number of nitrogens with zero attached hydrogens (tertiary/aromatic N) is 2. The van der Waals surface area contributed by atoms with E-state index in [1.807, 2.05) is 36.4 Å². The highest BCUT2D eigenvalue weighted by molar-refractivity contribution is 5.92. The smallest absolute Gasteiger partial charge is 0.335 e. The maximum Gasteiger partial charge on any atom is 0.335 e. The molecule has 2 saturated heterocycles. The van der Waals surface area contributed by atoms with Gasteiger partial charge in [0, 0.05) is 18.2 Å². The average Bonchev–Trinajstić information content (AvgIpc) is 3.20. The largest absolute Gasteiger partial charge is 0.423 e. The van der Waals surface area contributed by atoms with E-state index in [-0.39, 0.29) is 6.23 Å². The van der Waals surface area contributed by atoms with Crippen molar-refractivity contribution >= 4 is 22.4 Å². The number of aromatic nitrogens is 2. The Morgan fingerprint density at radius 3 is 2.55 bits per heavy atom. The topological polar surface area (TPSA) is 62.6 Å². The van der Waals surface area contributed by atoms with Crippen LogP contribution in [-0.2, 0) is 14.3 Å². The Labute approximate surface area is 223 Å². The summed E-state index contributed by atoms with van der Waals surface area (Å²) in [6.07, 6.45) is 5.06. The minimum absolute atomic E-state index is 0.268. The van der Waals surface area contributed by atoms with Gasteiger partial charge >= 0.3 is 5.97 Å². The van der Waals surface area contributed by atoms with Crippen molar-refractivity contribution in [3.8, 4) is 5.75 Å². The lowest BCUT2D eigenvalue weighted by Crippen LogP contribution is -2.42. The molecule has 1 aromatic heterocycles. The number of ether oxygens (including phenoxy) is 3. The molecule has 0 spiro atoms. The number of carbonyl (C=O) groups is 1. The molecule has 200 valence electrons. The molecule has 5 rings (SSSR count). The van der Waals surface area contributed by atoms with Crippen LogP contribution in [0.1, 0.15) is 77.2 Å². The Morgan fingerprint density at radius 1 is 1.13 bits per heavy atom. The van der Waals surface area contributed by atoms with E-state index in [1.54, 1.807) is 10.7 Å². The van der Waals surface area contributed by atoms with Crippen LogP contribution in [-0.4, -0.2) is 33.6 Å². The molecule has 2 aliphatic rings. The van der Waals surface area contributed by atoms with Crippen molar-refractivity contribution < 1.29 is 23.4 Å². The number of fused-ring (bicyclic) bond motifs is 1. The summed E-state index contributed by atoms with van der Waals surface area (Å²) in [5, 5.41) is 4.65. The summed E-state index contributed by atoms with van der Waals surface area (Å²) in [7, 11) is 0. The van der Waals surface area contributed by atoms with Crippen molar-refractivity contribution in [2.75, 3.05) is 6.61 Å². The molecule has 3 aromatic rings. The molecule has 2 aromatic carbocycles. The maximum absolute atomic E-state index is 15.3. The van der Waals surface area contributed by atoms with Gasteiger partial charge in [0.25, 0.3) is 0 Å². The second-order valence-electron chi connectivity index (χ2n) is 11.4. The normalized spacial score (nSPS) is 20.8. The molecule has 0 radical (unpaired) electrons. The van der Waals surface area contributed by atoms with Crippen molar-refractivity contribution in [1.82, 2.24) is 9.78 Å². The monoisotopic (exact) mass is 518 g/mol. The predicted molar refractivity (Wildman–Crippen MR) is 145 cm³/mol. The Bertz CT molecular complexity index is 1390. The number of hydrogen-bond donors (Lipinski definition) is 0. The zero-order valence-corrected chi connectivity index (χ0v) is 22.6. The average molecular weight is 519 g/mol. The molecule has 38 heavy (non-hydrogen) atoms. The van der Waals surface area contributed by atoms with E-state index in [0.29, 0.717) is 36.1 Å². The van der Waals surface area contributed by atoms with Gasteiger partial charge in [-0.15, -0.1) is 5.10 Å². The molecule has 2 fully saturated rings. The predicted octanol–water partition coefficient (Wildman–Crippen LogP) is 7.14. The van der Waals surface area contributed by atoms with Gasteiger partial charge in [-0.1, -0.05) is 36.4 Å². The fraction of sp³-hybridized carbons (Fsp3) is 0.419. The van der Waals surface area contributed by atoms with Crippen LogP contribution in [0.15, 0.2) is 60.7 Å². The molecule has 0 saturated carbocycles. The summed E-state index contributed by atoms with van der Waals surface area (Å²) in [5.74, 6) is -0.641. The molecule has 0 amide bonds. The number of para-hydroxylation sites is 1. The zero-order valence-electron chi connectivity index (χ0n) is 22.6. The highest BCUT2D eigenvalue weighted by atomic mass is 19.1. The van der Waals surface area contributed by atoms with Gasteiger partial charge in [-0.25, -0.2) is 9.48 Å². The minimum Gasteiger partial charge on any atom is -0.423 e. The second-order valence-corrected chi connectivity index (χ2v) is 11.4. The van der Waals surface area contributed by atoms with Crippen LogP contribution in [0, 0.1) is 5.95 Å². The second kappa shape index (κ2) is 10.1. The number of carbonyl (C=O) groups excluding carboxylic acids is 1. The van der Waals surface area contributed by atoms with Gasteiger partial charge in [0.15, 0.2) is 6.23 Å². The van der Waals surface area contributed by atoms with E-state index < -0.39 is 23.1 Å². The lowest BCUT2D eigenvalue weighted by atomic mass is 9.79. The molecule has 0 aliphatic carbocycles. The summed E-state index contributed by atoms with van der Waals surface area (Å²) in [6, 6.07) is 13.2. The number of benzene rings is 2. The standard InChI is InChI=1S/C31H35FN2O4/c1-6-27(35)37-25-12-8-7-11-22(25)28(21-18-30(2,3)38-31(4,5)19-21)20-14-15-24-23(17-20)29(32)33-34(24)26-13-9-10-16-36-26/h6-8,11-12,14-15,17,26H,1,9-10,13,16,18-19H2,2-5H3. The molecule has 2 aliphatic heterocycles. The summed E-state index contributed by atoms with van der Waals surface area (Å²) in [5.41, 5.74) is 3.52. The first-order valence-electron chi connectivity index (χ1n) is 13.2. The summed E-state index contributed by atoms with van der Waals surface area (Å²) < 4.78 is 34.9. The van der Waals surface area contributed by atoms with Crippen molar-refractivity contribution in [3.05, 3.63) is 77.8 Å². The first-order chi connectivity index (χ1) is 18.1. The van der Waals surface area contributed by atoms with Crippen LogP contribution in [0.2, 0.25) is 0 Å². The fourth-order valence-corrected chi connectivity index (χ4v) is 5.94. The van der Waals surface area contributed by atoms with E-state index >= 15 is 4.39 Å². The summed E-state index contributed by atoms with van der Waals surface area (Å²) >= 11 is 0. The molecule has 3 heterocycles. The van der Waals surface area contributed by atoms with Gasteiger partial charge in [0.1, 0.15) is 5.75 Å². The van der Waals surface area contributed by atoms with Gasteiger partial charge in [0.2, 0.25) is 5.95 Å². The molecular formula is C31H35FN2O4.